The first-order valence-corrected chi connectivity index (χ1v) is 7.60. The number of aryl methyl sites for hydroxylation is 1. The van der Waals surface area contributed by atoms with E-state index < -0.39 is 0 Å². The molecule has 0 saturated carbocycles. The summed E-state index contributed by atoms with van der Waals surface area (Å²) in [4.78, 5) is 4.81. The van der Waals surface area contributed by atoms with E-state index in [2.05, 4.69) is 77.6 Å². The van der Waals surface area contributed by atoms with Crippen molar-refractivity contribution >= 4 is 17.1 Å². The molecule has 0 radical (unpaired) electrons. The average molecular weight is 281 g/mol. The van der Waals surface area contributed by atoms with E-state index in [1.165, 1.54) is 22.6 Å². The standard InChI is InChI=1S/C18H23N3/c1-15-7-3-4-8-16(15)19-11-12-21-14-13-20(2)17-9-5-6-10-18(17)21/h3-10,19H,11-14H2,1-2H3. The van der Waals surface area contributed by atoms with Crippen LogP contribution in [0.4, 0.5) is 17.1 Å². The van der Waals surface area contributed by atoms with Crippen LogP contribution in [0.3, 0.4) is 0 Å². The fourth-order valence-corrected chi connectivity index (χ4v) is 2.90. The summed E-state index contributed by atoms with van der Waals surface area (Å²) in [5.41, 5.74) is 5.22. The van der Waals surface area contributed by atoms with Gasteiger partial charge in [-0.05, 0) is 30.7 Å². The van der Waals surface area contributed by atoms with Crippen LogP contribution < -0.4 is 15.1 Å². The van der Waals surface area contributed by atoms with Gasteiger partial charge in [0.15, 0.2) is 0 Å². The Balaban J connectivity index is 1.64. The second-order valence-electron chi connectivity index (χ2n) is 5.64. The monoisotopic (exact) mass is 281 g/mol. The predicted octanol–water partition coefficient (Wildman–Crippen LogP) is 3.36. The van der Waals surface area contributed by atoms with Crippen LogP contribution in [0.25, 0.3) is 0 Å². The zero-order valence-corrected chi connectivity index (χ0v) is 12.8. The van der Waals surface area contributed by atoms with Crippen LogP contribution in [0, 0.1) is 6.92 Å². The van der Waals surface area contributed by atoms with Gasteiger partial charge in [-0.25, -0.2) is 0 Å². The van der Waals surface area contributed by atoms with E-state index in [4.69, 9.17) is 0 Å². The van der Waals surface area contributed by atoms with E-state index in [0.717, 1.165) is 26.2 Å². The molecule has 0 amide bonds. The van der Waals surface area contributed by atoms with Gasteiger partial charge in [0.05, 0.1) is 11.4 Å². The average Bonchev–Trinajstić information content (AvgIpc) is 2.52. The number of fused-ring (bicyclic) bond motifs is 1. The highest BCUT2D eigenvalue weighted by molar-refractivity contribution is 5.73. The maximum absolute atomic E-state index is 3.55. The molecular formula is C18H23N3. The molecule has 2 aromatic rings. The quantitative estimate of drug-likeness (QED) is 0.927. The number of nitrogens with one attached hydrogen (secondary N) is 1. The van der Waals surface area contributed by atoms with Crippen LogP contribution in [0.1, 0.15) is 5.56 Å². The highest BCUT2D eigenvalue weighted by Crippen LogP contribution is 2.31. The van der Waals surface area contributed by atoms with Crippen LogP contribution >= 0.6 is 0 Å². The van der Waals surface area contributed by atoms with Crippen molar-refractivity contribution in [3.63, 3.8) is 0 Å². The Morgan fingerprint density at radius 1 is 0.952 bits per heavy atom. The van der Waals surface area contributed by atoms with E-state index in [-0.39, 0.29) is 0 Å². The smallest absolute Gasteiger partial charge is 0.0605 e. The Hall–Kier alpha value is -2.16. The molecule has 0 spiro atoms. The molecule has 0 bridgehead atoms. The number of likely N-dealkylation sites (N-methyl/N-ethyl adjacent to an activating group) is 1. The van der Waals surface area contributed by atoms with Crippen molar-refractivity contribution in [1.29, 1.82) is 0 Å². The number of nitrogens with zero attached hydrogens (tertiary/aromatic N) is 2. The SMILES string of the molecule is Cc1ccccc1NCCN1CCN(C)c2ccccc21. The molecule has 0 atom stereocenters. The van der Waals surface area contributed by atoms with Gasteiger partial charge in [-0.3, -0.25) is 0 Å². The lowest BCUT2D eigenvalue weighted by Gasteiger charge is -2.37. The largest absolute Gasteiger partial charge is 0.383 e. The molecule has 0 unspecified atom stereocenters. The van der Waals surface area contributed by atoms with E-state index in [1.54, 1.807) is 0 Å². The molecule has 1 N–H and O–H groups in total. The van der Waals surface area contributed by atoms with Gasteiger partial charge in [-0.1, -0.05) is 30.3 Å². The molecule has 0 aromatic heterocycles. The summed E-state index contributed by atoms with van der Waals surface area (Å²) in [5, 5.41) is 3.55. The molecule has 0 saturated heterocycles. The van der Waals surface area contributed by atoms with E-state index >= 15 is 0 Å². The topological polar surface area (TPSA) is 18.5 Å². The number of benzene rings is 2. The van der Waals surface area contributed by atoms with Gasteiger partial charge >= 0.3 is 0 Å². The van der Waals surface area contributed by atoms with Crippen molar-refractivity contribution in [2.45, 2.75) is 6.92 Å². The van der Waals surface area contributed by atoms with Crippen molar-refractivity contribution in [1.82, 2.24) is 0 Å². The molecule has 110 valence electrons. The maximum atomic E-state index is 3.55. The molecule has 3 rings (SSSR count). The maximum Gasteiger partial charge on any atom is 0.0605 e. The van der Waals surface area contributed by atoms with Gasteiger partial charge in [0, 0.05) is 38.9 Å². The summed E-state index contributed by atoms with van der Waals surface area (Å²) in [5.74, 6) is 0. The number of para-hydroxylation sites is 3. The van der Waals surface area contributed by atoms with Gasteiger partial charge in [-0.2, -0.15) is 0 Å². The van der Waals surface area contributed by atoms with Gasteiger partial charge < -0.3 is 15.1 Å². The summed E-state index contributed by atoms with van der Waals surface area (Å²) < 4.78 is 0. The first kappa shape index (κ1) is 13.8. The second kappa shape index (κ2) is 6.08. The van der Waals surface area contributed by atoms with E-state index in [9.17, 15) is 0 Å². The third-order valence-corrected chi connectivity index (χ3v) is 4.18. The lowest BCUT2D eigenvalue weighted by Crippen LogP contribution is -2.41. The molecule has 1 heterocycles. The summed E-state index contributed by atoms with van der Waals surface area (Å²) in [6.07, 6.45) is 0. The fourth-order valence-electron chi connectivity index (χ4n) is 2.90. The third-order valence-electron chi connectivity index (χ3n) is 4.18. The molecule has 3 heteroatoms. The second-order valence-corrected chi connectivity index (χ2v) is 5.64. The summed E-state index contributed by atoms with van der Waals surface area (Å²) in [7, 11) is 2.17. The third kappa shape index (κ3) is 2.97. The molecule has 3 nitrogen and oxygen atoms in total. The minimum Gasteiger partial charge on any atom is -0.383 e. The van der Waals surface area contributed by atoms with Crippen molar-refractivity contribution in [2.75, 3.05) is 48.3 Å². The van der Waals surface area contributed by atoms with Crippen LogP contribution in [-0.2, 0) is 0 Å². The Morgan fingerprint density at radius 3 is 2.48 bits per heavy atom. The number of hydrogen-bond donors (Lipinski definition) is 1. The Kier molecular flexibility index (Phi) is 4.00. The predicted molar refractivity (Wildman–Crippen MR) is 91.6 cm³/mol. The van der Waals surface area contributed by atoms with Crippen LogP contribution in [-0.4, -0.2) is 33.2 Å². The van der Waals surface area contributed by atoms with Gasteiger partial charge in [0.25, 0.3) is 0 Å². The van der Waals surface area contributed by atoms with E-state index in [0.29, 0.717) is 0 Å². The summed E-state index contributed by atoms with van der Waals surface area (Å²) in [6, 6.07) is 17.1. The van der Waals surface area contributed by atoms with Crippen molar-refractivity contribution in [2.24, 2.45) is 0 Å². The zero-order chi connectivity index (χ0) is 14.7. The molecular weight excluding hydrogens is 258 g/mol. The normalized spacial score (nSPS) is 14.0. The summed E-state index contributed by atoms with van der Waals surface area (Å²) in [6.45, 7) is 6.31. The fraction of sp³-hybridized carbons (Fsp3) is 0.333. The highest BCUT2D eigenvalue weighted by atomic mass is 15.3. The van der Waals surface area contributed by atoms with Gasteiger partial charge in [-0.15, -0.1) is 0 Å². The lowest BCUT2D eigenvalue weighted by molar-refractivity contribution is 0.741. The Bertz CT molecular complexity index is 609. The molecule has 0 fully saturated rings. The lowest BCUT2D eigenvalue weighted by atomic mass is 10.1. The minimum absolute atomic E-state index is 0.961. The molecule has 2 aromatic carbocycles. The number of hydrogen-bond acceptors (Lipinski definition) is 3. The minimum atomic E-state index is 0.961. The van der Waals surface area contributed by atoms with Gasteiger partial charge in [0.2, 0.25) is 0 Å². The number of rotatable bonds is 4. The first-order valence-electron chi connectivity index (χ1n) is 7.60. The Labute approximate surface area is 127 Å². The molecule has 21 heavy (non-hydrogen) atoms. The van der Waals surface area contributed by atoms with Crippen LogP contribution in [0.2, 0.25) is 0 Å². The molecule has 1 aliphatic heterocycles. The van der Waals surface area contributed by atoms with Crippen LogP contribution in [0.15, 0.2) is 48.5 Å². The Morgan fingerprint density at radius 2 is 1.67 bits per heavy atom. The zero-order valence-electron chi connectivity index (χ0n) is 12.8. The molecule has 1 aliphatic rings. The van der Waals surface area contributed by atoms with Crippen molar-refractivity contribution < 1.29 is 0 Å². The summed E-state index contributed by atoms with van der Waals surface area (Å²) >= 11 is 0. The van der Waals surface area contributed by atoms with Gasteiger partial charge in [0.1, 0.15) is 0 Å². The van der Waals surface area contributed by atoms with Crippen molar-refractivity contribution in [3.8, 4) is 0 Å². The van der Waals surface area contributed by atoms with Crippen LogP contribution in [0.5, 0.6) is 0 Å². The first-order chi connectivity index (χ1) is 10.3. The van der Waals surface area contributed by atoms with E-state index in [1.807, 2.05) is 0 Å². The highest BCUT2D eigenvalue weighted by Gasteiger charge is 2.18. The number of anilines is 3. The molecule has 0 aliphatic carbocycles. The van der Waals surface area contributed by atoms with Crippen molar-refractivity contribution in [3.05, 3.63) is 54.1 Å².